The van der Waals surface area contributed by atoms with Crippen LogP contribution in [0, 0.1) is 11.6 Å². The highest BCUT2D eigenvalue weighted by molar-refractivity contribution is 7.92. The fraction of sp³-hybridized carbons (Fsp3) is 0.588. The first-order valence-electron chi connectivity index (χ1n) is 8.26. The van der Waals surface area contributed by atoms with E-state index in [4.69, 9.17) is 0 Å². The van der Waals surface area contributed by atoms with E-state index in [9.17, 15) is 22.0 Å². The first-order chi connectivity index (χ1) is 11.3. The zero-order chi connectivity index (χ0) is 17.7. The summed E-state index contributed by atoms with van der Waals surface area (Å²) >= 11 is 0. The molecule has 24 heavy (non-hydrogen) atoms. The molecule has 1 atom stereocenters. The second-order valence-electron chi connectivity index (χ2n) is 6.23. The summed E-state index contributed by atoms with van der Waals surface area (Å²) in [5, 5.41) is -1.41. The lowest BCUT2D eigenvalue weighted by atomic mass is 10.1. The highest BCUT2D eigenvalue weighted by Crippen LogP contribution is 2.28. The normalized spacial score (nSPS) is 17.9. The molecule has 1 saturated heterocycles. The molecule has 0 saturated carbocycles. The maximum absolute atomic E-state index is 13.8. The monoisotopic (exact) mass is 359 g/mol. The van der Waals surface area contributed by atoms with Gasteiger partial charge in [-0.2, -0.15) is 0 Å². The fourth-order valence-electron chi connectivity index (χ4n) is 2.96. The predicted octanol–water partition coefficient (Wildman–Crippen LogP) is 3.23. The van der Waals surface area contributed by atoms with E-state index in [1.165, 1.54) is 13.0 Å². The SMILES string of the molecule is CC(c1c(F)cccc1F)S(=O)(=O)CC(=O)N1CCCCCCC1. The first-order valence-corrected chi connectivity index (χ1v) is 9.97. The number of rotatable bonds is 4. The molecular weight excluding hydrogens is 336 g/mol. The van der Waals surface area contributed by atoms with Gasteiger partial charge in [-0.15, -0.1) is 0 Å². The minimum absolute atomic E-state index is 0.486. The third kappa shape index (κ3) is 4.53. The number of carbonyl (C=O) groups is 1. The van der Waals surface area contributed by atoms with Gasteiger partial charge in [-0.25, -0.2) is 17.2 Å². The predicted molar refractivity (Wildman–Crippen MR) is 88.2 cm³/mol. The summed E-state index contributed by atoms with van der Waals surface area (Å²) < 4.78 is 52.6. The maximum atomic E-state index is 13.8. The van der Waals surface area contributed by atoms with Crippen LogP contribution in [0.25, 0.3) is 0 Å². The van der Waals surface area contributed by atoms with Crippen molar-refractivity contribution in [3.63, 3.8) is 0 Å². The average molecular weight is 359 g/mol. The Labute approximate surface area is 141 Å². The second kappa shape index (κ2) is 8.05. The molecule has 1 aromatic rings. The molecule has 0 bridgehead atoms. The molecule has 1 aromatic carbocycles. The number of amides is 1. The lowest BCUT2D eigenvalue weighted by Gasteiger charge is -2.25. The summed E-state index contributed by atoms with van der Waals surface area (Å²) in [6.07, 6.45) is 4.87. The third-order valence-electron chi connectivity index (χ3n) is 4.48. The smallest absolute Gasteiger partial charge is 0.237 e. The number of halogens is 2. The van der Waals surface area contributed by atoms with Crippen LogP contribution >= 0.6 is 0 Å². The molecule has 1 fully saturated rings. The van der Waals surface area contributed by atoms with Crippen LogP contribution < -0.4 is 0 Å². The number of benzene rings is 1. The lowest BCUT2D eigenvalue weighted by Crippen LogP contribution is -2.38. The van der Waals surface area contributed by atoms with Gasteiger partial charge in [0.2, 0.25) is 5.91 Å². The van der Waals surface area contributed by atoms with Crippen LogP contribution in [0.1, 0.15) is 49.8 Å². The Kier molecular flexibility index (Phi) is 6.32. The molecule has 0 N–H and O–H groups in total. The van der Waals surface area contributed by atoms with Gasteiger partial charge in [-0.1, -0.05) is 25.3 Å². The molecule has 1 aliphatic rings. The summed E-state index contributed by atoms with van der Waals surface area (Å²) in [6.45, 7) is 2.30. The number of sulfone groups is 1. The van der Waals surface area contributed by atoms with Gasteiger partial charge in [0.25, 0.3) is 0 Å². The second-order valence-corrected chi connectivity index (χ2v) is 8.55. The summed E-state index contributed by atoms with van der Waals surface area (Å²) in [4.78, 5) is 13.9. The Bertz CT molecular complexity index is 663. The van der Waals surface area contributed by atoms with Gasteiger partial charge in [0.1, 0.15) is 17.4 Å². The van der Waals surface area contributed by atoms with Gasteiger partial charge in [0, 0.05) is 18.7 Å². The van der Waals surface area contributed by atoms with Crippen LogP contribution in [0.15, 0.2) is 18.2 Å². The van der Waals surface area contributed by atoms with E-state index in [2.05, 4.69) is 0 Å². The van der Waals surface area contributed by atoms with Crippen LogP contribution in [-0.4, -0.2) is 38.1 Å². The van der Waals surface area contributed by atoms with Gasteiger partial charge in [0.05, 0.1) is 5.25 Å². The minimum atomic E-state index is -4.00. The number of hydrogen-bond acceptors (Lipinski definition) is 3. The molecule has 0 aromatic heterocycles. The van der Waals surface area contributed by atoms with Gasteiger partial charge in [-0.05, 0) is 31.9 Å². The molecule has 2 rings (SSSR count). The molecule has 1 heterocycles. The molecule has 0 spiro atoms. The van der Waals surface area contributed by atoms with Crippen LogP contribution in [0.3, 0.4) is 0 Å². The van der Waals surface area contributed by atoms with E-state index >= 15 is 0 Å². The van der Waals surface area contributed by atoms with E-state index in [1.54, 1.807) is 4.90 Å². The van der Waals surface area contributed by atoms with Crippen LogP contribution in [0.4, 0.5) is 8.78 Å². The Balaban J connectivity index is 2.13. The van der Waals surface area contributed by atoms with Crippen molar-refractivity contribution in [2.45, 2.75) is 44.3 Å². The van der Waals surface area contributed by atoms with E-state index in [1.807, 2.05) is 0 Å². The van der Waals surface area contributed by atoms with Gasteiger partial charge in [-0.3, -0.25) is 4.79 Å². The van der Waals surface area contributed by atoms with Gasteiger partial charge >= 0.3 is 0 Å². The van der Waals surface area contributed by atoms with Crippen LogP contribution in [0.2, 0.25) is 0 Å². The molecule has 1 aliphatic heterocycles. The Morgan fingerprint density at radius 1 is 1.08 bits per heavy atom. The van der Waals surface area contributed by atoms with Crippen molar-refractivity contribution in [2.24, 2.45) is 0 Å². The van der Waals surface area contributed by atoms with Crippen molar-refractivity contribution in [3.8, 4) is 0 Å². The number of likely N-dealkylation sites (tertiary alicyclic amines) is 1. The van der Waals surface area contributed by atoms with Crippen molar-refractivity contribution < 1.29 is 22.0 Å². The van der Waals surface area contributed by atoms with Gasteiger partial charge in [0.15, 0.2) is 9.84 Å². The zero-order valence-corrected chi connectivity index (χ0v) is 14.6. The molecule has 1 unspecified atom stereocenters. The highest BCUT2D eigenvalue weighted by atomic mass is 32.2. The van der Waals surface area contributed by atoms with Crippen molar-refractivity contribution in [1.29, 1.82) is 0 Å². The molecule has 7 heteroatoms. The minimum Gasteiger partial charge on any atom is -0.342 e. The average Bonchev–Trinajstić information content (AvgIpc) is 2.45. The molecule has 0 radical (unpaired) electrons. The molecule has 1 amide bonds. The Hall–Kier alpha value is -1.50. The summed E-state index contributed by atoms with van der Waals surface area (Å²) in [5.41, 5.74) is -0.502. The van der Waals surface area contributed by atoms with Crippen molar-refractivity contribution >= 4 is 15.7 Å². The largest absolute Gasteiger partial charge is 0.342 e. The summed E-state index contributed by atoms with van der Waals surface area (Å²) in [6, 6.07) is 3.22. The number of carbonyl (C=O) groups excluding carboxylic acids is 1. The van der Waals surface area contributed by atoms with Crippen molar-refractivity contribution in [3.05, 3.63) is 35.4 Å². The van der Waals surface area contributed by atoms with E-state index in [0.29, 0.717) is 13.1 Å². The number of nitrogens with zero attached hydrogens (tertiary/aromatic N) is 1. The summed E-state index contributed by atoms with van der Waals surface area (Å²) in [5.74, 6) is -3.03. The van der Waals surface area contributed by atoms with E-state index in [0.717, 1.165) is 44.2 Å². The molecule has 0 aliphatic carbocycles. The Morgan fingerprint density at radius 3 is 2.12 bits per heavy atom. The van der Waals surface area contributed by atoms with Crippen molar-refractivity contribution in [1.82, 2.24) is 4.90 Å². The topological polar surface area (TPSA) is 54.5 Å². The lowest BCUT2D eigenvalue weighted by molar-refractivity contribution is -0.128. The van der Waals surface area contributed by atoms with E-state index in [-0.39, 0.29) is 0 Å². The Morgan fingerprint density at radius 2 is 1.58 bits per heavy atom. The first kappa shape index (κ1) is 18.8. The molecule has 134 valence electrons. The zero-order valence-electron chi connectivity index (χ0n) is 13.8. The van der Waals surface area contributed by atoms with Gasteiger partial charge < -0.3 is 4.90 Å². The fourth-order valence-corrected chi connectivity index (χ4v) is 4.32. The molecule has 4 nitrogen and oxygen atoms in total. The van der Waals surface area contributed by atoms with Crippen LogP contribution in [0.5, 0.6) is 0 Å². The number of hydrogen-bond donors (Lipinski definition) is 0. The quantitative estimate of drug-likeness (QED) is 0.829. The summed E-state index contributed by atoms with van der Waals surface area (Å²) in [7, 11) is -4.00. The standard InChI is InChI=1S/C17H23F2NO3S/c1-13(17-14(18)8-7-9-15(17)19)24(22,23)12-16(21)20-10-5-3-2-4-6-11-20/h7-9,13H,2-6,10-12H2,1H3. The molecular formula is C17H23F2NO3S. The third-order valence-corrected chi connectivity index (χ3v) is 6.44. The van der Waals surface area contributed by atoms with Crippen LogP contribution in [-0.2, 0) is 14.6 Å². The highest BCUT2D eigenvalue weighted by Gasteiger charge is 2.31. The van der Waals surface area contributed by atoms with E-state index < -0.39 is 43.9 Å². The van der Waals surface area contributed by atoms with Crippen molar-refractivity contribution in [2.75, 3.05) is 18.8 Å². The maximum Gasteiger partial charge on any atom is 0.237 e.